The number of hydrogen-bond donors (Lipinski definition) is 0. The van der Waals surface area contributed by atoms with E-state index < -0.39 is 11.9 Å². The maximum atomic E-state index is 12.0. The van der Waals surface area contributed by atoms with Crippen LogP contribution in [0.2, 0.25) is 0 Å². The van der Waals surface area contributed by atoms with Gasteiger partial charge < -0.3 is 9.47 Å². The zero-order valence-corrected chi connectivity index (χ0v) is 18.6. The van der Waals surface area contributed by atoms with E-state index in [9.17, 15) is 9.59 Å². The number of hydrogen-bond acceptors (Lipinski definition) is 6. The van der Waals surface area contributed by atoms with Gasteiger partial charge in [-0.3, -0.25) is 9.80 Å². The predicted molar refractivity (Wildman–Crippen MR) is 122 cm³/mol. The summed E-state index contributed by atoms with van der Waals surface area (Å²) in [4.78, 5) is 28.6. The predicted octanol–water partition coefficient (Wildman–Crippen LogP) is 3.52. The molecule has 0 radical (unpaired) electrons. The molecule has 4 rings (SSSR count). The van der Waals surface area contributed by atoms with Gasteiger partial charge in [-0.15, -0.1) is 0 Å². The maximum Gasteiger partial charge on any atom is 0.331 e. The summed E-state index contributed by atoms with van der Waals surface area (Å²) in [6, 6.07) is 21.1. The molecule has 0 aromatic heterocycles. The number of nitrogens with zero attached hydrogens (tertiary/aromatic N) is 2. The Balaban J connectivity index is 1.13. The highest BCUT2D eigenvalue weighted by atomic mass is 16.6. The zero-order chi connectivity index (χ0) is 22.5. The third-order valence-electron chi connectivity index (χ3n) is 6.33. The van der Waals surface area contributed by atoms with E-state index >= 15 is 0 Å². The molecule has 6 heteroatoms. The first-order valence-corrected chi connectivity index (χ1v) is 11.2. The van der Waals surface area contributed by atoms with Crippen LogP contribution in [0.3, 0.4) is 0 Å². The van der Waals surface area contributed by atoms with Crippen LogP contribution < -0.4 is 0 Å². The Kier molecular flexibility index (Phi) is 7.02. The Labute approximate surface area is 189 Å². The topological polar surface area (TPSA) is 59.1 Å². The molecule has 2 aromatic rings. The largest absolute Gasteiger partial charge is 0.456 e. The average molecular weight is 435 g/mol. The van der Waals surface area contributed by atoms with Crippen molar-refractivity contribution in [3.8, 4) is 0 Å². The number of rotatable bonds is 8. The highest BCUT2D eigenvalue weighted by Gasteiger charge is 2.34. The molecule has 0 amide bonds. The first-order chi connectivity index (χ1) is 15.5. The third-order valence-corrected chi connectivity index (χ3v) is 6.33. The summed E-state index contributed by atoms with van der Waals surface area (Å²) in [7, 11) is 0. The summed E-state index contributed by atoms with van der Waals surface area (Å²) in [5, 5.41) is 0. The van der Waals surface area contributed by atoms with Gasteiger partial charge in [0.1, 0.15) is 12.2 Å². The van der Waals surface area contributed by atoms with Crippen molar-refractivity contribution in [2.75, 3.05) is 26.2 Å². The minimum atomic E-state index is -0.508. The smallest absolute Gasteiger partial charge is 0.331 e. The Hall–Kier alpha value is -2.96. The lowest BCUT2D eigenvalue weighted by molar-refractivity contribution is -0.155. The lowest BCUT2D eigenvalue weighted by Crippen LogP contribution is -2.53. The quantitative estimate of drug-likeness (QED) is 0.468. The molecule has 0 spiro atoms. The SMILES string of the molecule is CC(c1ccccc1)N1CC(OC(=O)/C=C\C(=O)OC2CN(C(C)c3ccccc3)C2)C1. The van der Waals surface area contributed by atoms with Crippen LogP contribution in [0.4, 0.5) is 0 Å². The molecular weight excluding hydrogens is 404 g/mol. The molecule has 32 heavy (non-hydrogen) atoms. The van der Waals surface area contributed by atoms with Crippen LogP contribution in [0.5, 0.6) is 0 Å². The van der Waals surface area contributed by atoms with E-state index in [1.807, 2.05) is 36.4 Å². The van der Waals surface area contributed by atoms with Gasteiger partial charge in [0.15, 0.2) is 0 Å². The fourth-order valence-electron chi connectivity index (χ4n) is 4.15. The zero-order valence-electron chi connectivity index (χ0n) is 18.6. The molecule has 2 unspecified atom stereocenters. The summed E-state index contributed by atoms with van der Waals surface area (Å²) < 4.78 is 10.8. The van der Waals surface area contributed by atoms with Crippen molar-refractivity contribution in [2.45, 2.75) is 38.1 Å². The van der Waals surface area contributed by atoms with Gasteiger partial charge in [-0.2, -0.15) is 0 Å². The molecule has 0 bridgehead atoms. The van der Waals surface area contributed by atoms with Crippen LogP contribution in [0.1, 0.15) is 37.1 Å². The van der Waals surface area contributed by atoms with Crippen molar-refractivity contribution in [3.63, 3.8) is 0 Å². The summed E-state index contributed by atoms with van der Waals surface area (Å²) in [5.74, 6) is -1.02. The molecule has 168 valence electrons. The van der Waals surface area contributed by atoms with Gasteiger partial charge in [-0.25, -0.2) is 9.59 Å². The Morgan fingerprint density at radius 1 is 0.719 bits per heavy atom. The van der Waals surface area contributed by atoms with Gasteiger partial charge in [0.2, 0.25) is 0 Å². The summed E-state index contributed by atoms with van der Waals surface area (Å²) in [5.41, 5.74) is 2.49. The van der Waals surface area contributed by atoms with Crippen LogP contribution in [0, 0.1) is 0 Å². The number of carbonyl (C=O) groups is 2. The minimum absolute atomic E-state index is 0.144. The van der Waals surface area contributed by atoms with E-state index in [2.05, 4.69) is 47.9 Å². The standard InChI is InChI=1S/C26H30N2O4/c1-19(21-9-5-3-6-10-21)27-15-23(16-27)31-25(29)13-14-26(30)32-24-17-28(18-24)20(2)22-11-7-4-8-12-22/h3-14,19-20,23-24H,15-18H2,1-2H3/b14-13-. The first-order valence-electron chi connectivity index (χ1n) is 11.2. The second-order valence-electron chi connectivity index (χ2n) is 8.53. The molecule has 2 heterocycles. The highest BCUT2D eigenvalue weighted by Crippen LogP contribution is 2.27. The lowest BCUT2D eigenvalue weighted by atomic mass is 10.0. The van der Waals surface area contributed by atoms with Gasteiger partial charge in [0, 0.05) is 50.4 Å². The van der Waals surface area contributed by atoms with Crippen molar-refractivity contribution in [1.82, 2.24) is 9.80 Å². The fraction of sp³-hybridized carbons (Fsp3) is 0.385. The Morgan fingerprint density at radius 3 is 1.41 bits per heavy atom. The summed E-state index contributed by atoms with van der Waals surface area (Å²) in [6.07, 6.45) is 2.03. The molecule has 0 saturated carbocycles. The molecule has 2 aliphatic rings. The molecule has 2 fully saturated rings. The average Bonchev–Trinajstić information content (AvgIpc) is 2.77. The number of esters is 2. The van der Waals surface area contributed by atoms with Crippen molar-refractivity contribution < 1.29 is 19.1 Å². The third kappa shape index (κ3) is 5.44. The van der Waals surface area contributed by atoms with Crippen LogP contribution in [0.15, 0.2) is 72.8 Å². The number of carbonyl (C=O) groups excluding carboxylic acids is 2. The van der Waals surface area contributed by atoms with Crippen LogP contribution >= 0.6 is 0 Å². The van der Waals surface area contributed by atoms with Crippen LogP contribution in [-0.2, 0) is 19.1 Å². The van der Waals surface area contributed by atoms with E-state index in [0.717, 1.165) is 12.2 Å². The van der Waals surface area contributed by atoms with Gasteiger partial charge in [0.25, 0.3) is 0 Å². The fourth-order valence-corrected chi connectivity index (χ4v) is 4.15. The van der Waals surface area contributed by atoms with E-state index in [1.54, 1.807) is 0 Å². The van der Waals surface area contributed by atoms with Crippen LogP contribution in [-0.4, -0.2) is 60.1 Å². The van der Waals surface area contributed by atoms with Crippen molar-refractivity contribution in [2.24, 2.45) is 0 Å². The maximum absolute atomic E-state index is 12.0. The molecule has 2 atom stereocenters. The molecule has 0 N–H and O–H groups in total. The minimum Gasteiger partial charge on any atom is -0.456 e. The summed E-state index contributed by atoms with van der Waals surface area (Å²) in [6.45, 7) is 7.06. The molecule has 6 nitrogen and oxygen atoms in total. The van der Waals surface area contributed by atoms with E-state index in [1.165, 1.54) is 11.1 Å². The van der Waals surface area contributed by atoms with Gasteiger partial charge >= 0.3 is 11.9 Å². The number of ether oxygens (including phenoxy) is 2. The van der Waals surface area contributed by atoms with Crippen molar-refractivity contribution in [1.29, 1.82) is 0 Å². The first kappa shape index (κ1) is 22.2. The molecule has 0 aliphatic carbocycles. The van der Waals surface area contributed by atoms with Gasteiger partial charge in [-0.05, 0) is 25.0 Å². The monoisotopic (exact) mass is 434 g/mol. The normalized spacial score (nSPS) is 19.7. The molecular formula is C26H30N2O4. The van der Waals surface area contributed by atoms with Gasteiger partial charge in [-0.1, -0.05) is 60.7 Å². The van der Waals surface area contributed by atoms with Crippen molar-refractivity contribution in [3.05, 3.63) is 83.9 Å². The second kappa shape index (κ2) is 10.1. The lowest BCUT2D eigenvalue weighted by Gasteiger charge is -2.42. The number of benzene rings is 2. The van der Waals surface area contributed by atoms with Gasteiger partial charge in [0.05, 0.1) is 0 Å². The second-order valence-corrected chi connectivity index (χ2v) is 8.53. The molecule has 2 aliphatic heterocycles. The van der Waals surface area contributed by atoms with E-state index in [0.29, 0.717) is 26.2 Å². The number of likely N-dealkylation sites (tertiary alicyclic amines) is 2. The molecule has 2 saturated heterocycles. The van der Waals surface area contributed by atoms with Crippen molar-refractivity contribution >= 4 is 11.9 Å². The Bertz CT molecular complexity index is 857. The molecule has 2 aromatic carbocycles. The van der Waals surface area contributed by atoms with E-state index in [4.69, 9.17) is 9.47 Å². The Morgan fingerprint density at radius 2 is 1.06 bits per heavy atom. The highest BCUT2D eigenvalue weighted by molar-refractivity contribution is 5.91. The van der Waals surface area contributed by atoms with Crippen LogP contribution in [0.25, 0.3) is 0 Å². The van der Waals surface area contributed by atoms with E-state index in [-0.39, 0.29) is 24.3 Å². The summed E-state index contributed by atoms with van der Waals surface area (Å²) >= 11 is 0.